The summed E-state index contributed by atoms with van der Waals surface area (Å²) in [5.41, 5.74) is 3.33. The number of sulfonamides is 1. The second kappa shape index (κ2) is 9.96. The number of para-hydroxylation sites is 2. The van der Waals surface area contributed by atoms with Gasteiger partial charge in [-0.15, -0.1) is 0 Å². The van der Waals surface area contributed by atoms with Gasteiger partial charge in [-0.1, -0.05) is 19.1 Å². The first-order chi connectivity index (χ1) is 17.0. The zero-order chi connectivity index (χ0) is 24.4. The van der Waals surface area contributed by atoms with Crippen molar-refractivity contribution >= 4 is 38.3 Å². The van der Waals surface area contributed by atoms with Crippen LogP contribution in [0.1, 0.15) is 32.0 Å². The Morgan fingerprint density at radius 2 is 1.89 bits per heavy atom. The number of anilines is 2. The monoisotopic (exact) mass is 497 g/mol. The summed E-state index contributed by atoms with van der Waals surface area (Å²) < 4.78 is 35.2. The van der Waals surface area contributed by atoms with Gasteiger partial charge >= 0.3 is 0 Å². The Hall–Kier alpha value is -2.95. The number of aryl methyl sites for hydroxylation is 1. The number of ether oxygens (including phenoxy) is 1. The van der Waals surface area contributed by atoms with E-state index in [1.165, 1.54) is 4.31 Å². The van der Waals surface area contributed by atoms with E-state index in [0.717, 1.165) is 48.6 Å². The number of carbonyl (C=O) groups is 1. The number of imidazole rings is 1. The van der Waals surface area contributed by atoms with E-state index in [2.05, 4.69) is 16.8 Å². The predicted molar refractivity (Wildman–Crippen MR) is 135 cm³/mol. The number of carbonyl (C=O) groups excluding carboxylic acids is 1. The minimum Gasteiger partial charge on any atom is -0.379 e. The lowest BCUT2D eigenvalue weighted by Crippen LogP contribution is -2.40. The normalized spacial score (nSPS) is 17.4. The topological polar surface area (TPSA) is 96.8 Å². The number of hydrogen-bond acceptors (Lipinski definition) is 6. The molecule has 10 heteroatoms. The number of amides is 1. The smallest absolute Gasteiger partial charge is 0.243 e. The third kappa shape index (κ3) is 4.65. The number of aromatic nitrogens is 2. The maximum Gasteiger partial charge on any atom is 0.243 e. The number of nitrogens with zero attached hydrogens (tertiary/aromatic N) is 4. The average Bonchev–Trinajstić information content (AvgIpc) is 3.46. The molecule has 2 aliphatic heterocycles. The Morgan fingerprint density at radius 3 is 2.63 bits per heavy atom. The second-order valence-electron chi connectivity index (χ2n) is 8.87. The minimum absolute atomic E-state index is 0.145. The molecule has 1 aromatic heterocycles. The van der Waals surface area contributed by atoms with Gasteiger partial charge in [-0.2, -0.15) is 4.31 Å². The zero-order valence-corrected chi connectivity index (χ0v) is 20.8. The van der Waals surface area contributed by atoms with Crippen molar-refractivity contribution < 1.29 is 17.9 Å². The quantitative estimate of drug-likeness (QED) is 0.513. The average molecular weight is 498 g/mol. The van der Waals surface area contributed by atoms with Crippen molar-refractivity contribution in [2.45, 2.75) is 44.2 Å². The van der Waals surface area contributed by atoms with Gasteiger partial charge < -0.3 is 19.5 Å². The molecule has 1 N–H and O–H groups in total. The first-order valence-corrected chi connectivity index (χ1v) is 13.6. The van der Waals surface area contributed by atoms with Crippen LogP contribution in [0.25, 0.3) is 11.0 Å². The number of rotatable bonds is 8. The number of hydrogen-bond donors (Lipinski definition) is 1. The molecule has 0 bridgehead atoms. The predicted octanol–water partition coefficient (Wildman–Crippen LogP) is 3.21. The fourth-order valence-electron chi connectivity index (χ4n) is 4.80. The summed E-state index contributed by atoms with van der Waals surface area (Å²) in [4.78, 5) is 19.2. The lowest BCUT2D eigenvalue weighted by molar-refractivity contribution is -0.117. The molecule has 2 aromatic carbocycles. The van der Waals surface area contributed by atoms with Crippen LogP contribution in [0.5, 0.6) is 0 Å². The van der Waals surface area contributed by atoms with Gasteiger partial charge in [0.2, 0.25) is 15.9 Å². The van der Waals surface area contributed by atoms with E-state index < -0.39 is 10.0 Å². The van der Waals surface area contributed by atoms with Crippen LogP contribution in [0.15, 0.2) is 47.4 Å². The maximum atomic E-state index is 13.1. The van der Waals surface area contributed by atoms with Gasteiger partial charge in [0.25, 0.3) is 0 Å². The number of benzene rings is 2. The van der Waals surface area contributed by atoms with Gasteiger partial charge in [0.15, 0.2) is 0 Å². The standard InChI is InChI=1S/C25H31N5O4S/c1-2-11-29-23-10-9-19(35(32,33)28-13-15-34-16-14-28)17-21(23)27-24(29)18-26-20-6-3-4-7-22(20)30-12-5-8-25(30)31/h3-4,6-7,9-10,17,26H,2,5,8,11-16,18H2,1H3. The Bertz CT molecular complexity index is 1330. The van der Waals surface area contributed by atoms with Crippen LogP contribution >= 0.6 is 0 Å². The summed E-state index contributed by atoms with van der Waals surface area (Å²) in [6, 6.07) is 13.0. The van der Waals surface area contributed by atoms with Gasteiger partial charge in [0.1, 0.15) is 5.82 Å². The Kier molecular flexibility index (Phi) is 6.77. The van der Waals surface area contributed by atoms with Crippen LogP contribution < -0.4 is 10.2 Å². The first kappa shape index (κ1) is 23.8. The molecular weight excluding hydrogens is 466 g/mol. The third-order valence-corrected chi connectivity index (χ3v) is 8.45. The lowest BCUT2D eigenvalue weighted by Gasteiger charge is -2.26. The first-order valence-electron chi connectivity index (χ1n) is 12.2. The van der Waals surface area contributed by atoms with Gasteiger partial charge in [0, 0.05) is 32.6 Å². The van der Waals surface area contributed by atoms with Gasteiger partial charge in [-0.25, -0.2) is 13.4 Å². The molecule has 0 saturated carbocycles. The minimum atomic E-state index is -3.59. The molecule has 0 aliphatic carbocycles. The molecule has 35 heavy (non-hydrogen) atoms. The summed E-state index contributed by atoms with van der Waals surface area (Å²) in [7, 11) is -3.59. The molecule has 0 unspecified atom stereocenters. The summed E-state index contributed by atoms with van der Waals surface area (Å²) >= 11 is 0. The second-order valence-corrected chi connectivity index (χ2v) is 10.8. The van der Waals surface area contributed by atoms with Crippen LogP contribution in [-0.2, 0) is 32.6 Å². The van der Waals surface area contributed by atoms with E-state index in [1.54, 1.807) is 12.1 Å². The molecule has 2 saturated heterocycles. The SMILES string of the molecule is CCCn1c(CNc2ccccc2N2CCCC2=O)nc2cc(S(=O)(=O)N3CCOCC3)ccc21. The fraction of sp³-hybridized carbons (Fsp3) is 0.440. The number of fused-ring (bicyclic) bond motifs is 1. The van der Waals surface area contributed by atoms with Gasteiger partial charge in [0.05, 0.1) is 47.1 Å². The van der Waals surface area contributed by atoms with E-state index in [1.807, 2.05) is 35.2 Å². The summed E-state index contributed by atoms with van der Waals surface area (Å²) in [5, 5.41) is 3.47. The highest BCUT2D eigenvalue weighted by Crippen LogP contribution is 2.30. The molecule has 3 heterocycles. The van der Waals surface area contributed by atoms with E-state index in [-0.39, 0.29) is 10.8 Å². The third-order valence-electron chi connectivity index (χ3n) is 6.56. The van der Waals surface area contributed by atoms with Crippen LogP contribution in [-0.4, -0.2) is 61.0 Å². The molecule has 0 spiro atoms. The van der Waals surface area contributed by atoms with Crippen LogP contribution in [0, 0.1) is 0 Å². The summed E-state index contributed by atoms with van der Waals surface area (Å²) in [6.07, 6.45) is 2.37. The van der Waals surface area contributed by atoms with E-state index in [9.17, 15) is 13.2 Å². The van der Waals surface area contributed by atoms with E-state index in [0.29, 0.717) is 44.8 Å². The molecule has 186 valence electrons. The Labute approximate surface area is 205 Å². The Morgan fingerprint density at radius 1 is 1.09 bits per heavy atom. The summed E-state index contributed by atoms with van der Waals surface area (Å²) in [5.74, 6) is 0.969. The van der Waals surface area contributed by atoms with Crippen LogP contribution in [0.2, 0.25) is 0 Å². The van der Waals surface area contributed by atoms with Crippen LogP contribution in [0.4, 0.5) is 11.4 Å². The van der Waals surface area contributed by atoms with Crippen molar-refractivity contribution in [1.29, 1.82) is 0 Å². The molecule has 2 aliphatic rings. The van der Waals surface area contributed by atoms with Crippen molar-refractivity contribution in [2.24, 2.45) is 0 Å². The van der Waals surface area contributed by atoms with Crippen molar-refractivity contribution in [3.05, 3.63) is 48.3 Å². The highest BCUT2D eigenvalue weighted by Gasteiger charge is 2.27. The van der Waals surface area contributed by atoms with Crippen molar-refractivity contribution in [2.75, 3.05) is 43.1 Å². The van der Waals surface area contributed by atoms with Gasteiger partial charge in [-0.3, -0.25) is 4.79 Å². The molecule has 5 rings (SSSR count). The van der Waals surface area contributed by atoms with Crippen molar-refractivity contribution in [3.63, 3.8) is 0 Å². The Balaban J connectivity index is 1.44. The molecule has 9 nitrogen and oxygen atoms in total. The lowest BCUT2D eigenvalue weighted by atomic mass is 10.2. The highest BCUT2D eigenvalue weighted by atomic mass is 32.2. The van der Waals surface area contributed by atoms with Crippen molar-refractivity contribution in [3.8, 4) is 0 Å². The van der Waals surface area contributed by atoms with Crippen molar-refractivity contribution in [1.82, 2.24) is 13.9 Å². The molecule has 0 atom stereocenters. The summed E-state index contributed by atoms with van der Waals surface area (Å²) in [6.45, 7) is 5.60. The fourth-order valence-corrected chi connectivity index (χ4v) is 6.23. The molecular formula is C25H31N5O4S. The number of morpholine rings is 1. The van der Waals surface area contributed by atoms with E-state index in [4.69, 9.17) is 9.72 Å². The molecule has 2 fully saturated rings. The molecule has 0 radical (unpaired) electrons. The molecule has 3 aromatic rings. The zero-order valence-electron chi connectivity index (χ0n) is 19.9. The molecule has 1 amide bonds. The largest absolute Gasteiger partial charge is 0.379 e. The maximum absolute atomic E-state index is 13.1. The van der Waals surface area contributed by atoms with E-state index >= 15 is 0 Å². The van der Waals surface area contributed by atoms with Crippen LogP contribution in [0.3, 0.4) is 0 Å². The number of nitrogens with one attached hydrogen (secondary N) is 1. The highest BCUT2D eigenvalue weighted by molar-refractivity contribution is 7.89. The van der Waals surface area contributed by atoms with Gasteiger partial charge in [-0.05, 0) is 43.2 Å².